The lowest BCUT2D eigenvalue weighted by Crippen LogP contribution is -2.51. The second-order valence-electron chi connectivity index (χ2n) is 5.96. The Labute approximate surface area is 120 Å². The number of benzene rings is 1. The quantitative estimate of drug-likeness (QED) is 0.865. The van der Waals surface area contributed by atoms with E-state index in [-0.39, 0.29) is 0 Å². The highest BCUT2D eigenvalue weighted by Crippen LogP contribution is 2.17. The lowest BCUT2D eigenvalue weighted by Gasteiger charge is -2.37. The third kappa shape index (κ3) is 4.05. The third-order valence-corrected chi connectivity index (χ3v) is 3.78. The minimum Gasteiger partial charge on any atom is -0.478 e. The number of aromatic carboxylic acids is 1. The molecular weight excluding hydrogens is 252 g/mol. The van der Waals surface area contributed by atoms with Gasteiger partial charge in [-0.3, -0.25) is 4.90 Å². The largest absolute Gasteiger partial charge is 0.478 e. The van der Waals surface area contributed by atoms with Gasteiger partial charge in [0.15, 0.2) is 0 Å². The summed E-state index contributed by atoms with van der Waals surface area (Å²) in [6, 6.07) is 7.82. The second-order valence-corrected chi connectivity index (χ2v) is 5.96. The molecule has 0 aliphatic carbocycles. The van der Waals surface area contributed by atoms with Crippen molar-refractivity contribution in [1.29, 1.82) is 0 Å². The fourth-order valence-corrected chi connectivity index (χ4v) is 2.82. The maximum Gasteiger partial charge on any atom is 0.335 e. The van der Waals surface area contributed by atoms with Crippen LogP contribution in [0.4, 0.5) is 0 Å². The molecule has 1 aliphatic rings. The smallest absolute Gasteiger partial charge is 0.335 e. The van der Waals surface area contributed by atoms with E-state index in [1.54, 1.807) is 12.1 Å². The normalized spacial score (nSPS) is 20.2. The molecule has 1 heterocycles. The van der Waals surface area contributed by atoms with Crippen molar-refractivity contribution in [3.05, 3.63) is 35.4 Å². The van der Waals surface area contributed by atoms with E-state index in [1.165, 1.54) is 6.42 Å². The van der Waals surface area contributed by atoms with Crippen LogP contribution >= 0.6 is 0 Å². The van der Waals surface area contributed by atoms with Crippen LogP contribution in [0, 0.1) is 5.92 Å². The molecule has 1 aliphatic heterocycles. The minimum absolute atomic E-state index is 0.373. The molecule has 2 N–H and O–H groups in total. The molecule has 4 nitrogen and oxygen atoms in total. The predicted octanol–water partition coefficient (Wildman–Crippen LogP) is 2.20. The Morgan fingerprint density at radius 2 is 2.30 bits per heavy atom. The molecule has 20 heavy (non-hydrogen) atoms. The van der Waals surface area contributed by atoms with Gasteiger partial charge in [0.05, 0.1) is 5.56 Å². The maximum absolute atomic E-state index is 11.0. The van der Waals surface area contributed by atoms with Crippen LogP contribution in [0.1, 0.15) is 36.2 Å². The van der Waals surface area contributed by atoms with Gasteiger partial charge in [0, 0.05) is 32.2 Å². The van der Waals surface area contributed by atoms with Gasteiger partial charge in [-0.1, -0.05) is 26.0 Å². The monoisotopic (exact) mass is 276 g/mol. The van der Waals surface area contributed by atoms with Crippen LogP contribution in [0.25, 0.3) is 0 Å². The number of rotatable bonds is 5. The fraction of sp³-hybridized carbons (Fsp3) is 0.562. The van der Waals surface area contributed by atoms with Crippen molar-refractivity contribution in [3.8, 4) is 0 Å². The topological polar surface area (TPSA) is 52.6 Å². The van der Waals surface area contributed by atoms with E-state index < -0.39 is 5.97 Å². The zero-order valence-corrected chi connectivity index (χ0v) is 12.3. The van der Waals surface area contributed by atoms with Gasteiger partial charge in [-0.15, -0.1) is 0 Å². The third-order valence-electron chi connectivity index (χ3n) is 3.78. The van der Waals surface area contributed by atoms with E-state index in [2.05, 4.69) is 24.1 Å². The molecule has 1 fully saturated rings. The van der Waals surface area contributed by atoms with Crippen LogP contribution in [-0.2, 0) is 6.54 Å². The Bertz CT molecular complexity index is 460. The molecule has 110 valence electrons. The summed E-state index contributed by atoms with van der Waals surface area (Å²) >= 11 is 0. The van der Waals surface area contributed by atoms with E-state index in [9.17, 15) is 4.79 Å². The number of nitrogens with zero attached hydrogens (tertiary/aromatic N) is 1. The highest BCUT2D eigenvalue weighted by Gasteiger charge is 2.23. The van der Waals surface area contributed by atoms with Crippen molar-refractivity contribution in [2.75, 3.05) is 19.6 Å². The van der Waals surface area contributed by atoms with E-state index in [4.69, 9.17) is 5.11 Å². The summed E-state index contributed by atoms with van der Waals surface area (Å²) < 4.78 is 0. The molecule has 0 amide bonds. The van der Waals surface area contributed by atoms with E-state index >= 15 is 0 Å². The number of piperazine rings is 1. The van der Waals surface area contributed by atoms with E-state index in [0.29, 0.717) is 17.5 Å². The number of hydrogen-bond donors (Lipinski definition) is 2. The summed E-state index contributed by atoms with van der Waals surface area (Å²) in [6.45, 7) is 8.38. The van der Waals surface area contributed by atoms with E-state index in [0.717, 1.165) is 31.7 Å². The summed E-state index contributed by atoms with van der Waals surface area (Å²) in [7, 11) is 0. The molecule has 0 unspecified atom stereocenters. The molecule has 1 aromatic carbocycles. The van der Waals surface area contributed by atoms with Crippen LogP contribution < -0.4 is 5.32 Å². The highest BCUT2D eigenvalue weighted by atomic mass is 16.4. The molecular formula is C16H24N2O2. The number of carboxylic acid groups (broad SMARTS) is 1. The standard InChI is InChI=1S/C16H24N2O2/c1-12(2)8-15-10-17-6-7-18(15)11-13-4-3-5-14(9-13)16(19)20/h3-5,9,12,15,17H,6-8,10-11H2,1-2H3,(H,19,20)/t15-/m1/s1. The first kappa shape index (κ1) is 15.0. The van der Waals surface area contributed by atoms with Crippen LogP contribution in [-0.4, -0.2) is 41.7 Å². The molecule has 0 bridgehead atoms. The Kier molecular flexibility index (Phi) is 5.15. The number of hydrogen-bond acceptors (Lipinski definition) is 3. The zero-order valence-electron chi connectivity index (χ0n) is 12.3. The molecule has 1 atom stereocenters. The van der Waals surface area contributed by atoms with E-state index in [1.807, 2.05) is 12.1 Å². The van der Waals surface area contributed by atoms with Gasteiger partial charge < -0.3 is 10.4 Å². The lowest BCUT2D eigenvalue weighted by atomic mass is 10.00. The van der Waals surface area contributed by atoms with Crippen molar-refractivity contribution in [2.24, 2.45) is 5.92 Å². The Morgan fingerprint density at radius 1 is 1.50 bits per heavy atom. The molecule has 0 spiro atoms. The Morgan fingerprint density at radius 3 is 3.00 bits per heavy atom. The first-order chi connectivity index (χ1) is 9.56. The lowest BCUT2D eigenvalue weighted by molar-refractivity contribution is 0.0696. The number of carboxylic acids is 1. The van der Waals surface area contributed by atoms with Crippen LogP contribution in [0.5, 0.6) is 0 Å². The summed E-state index contributed by atoms with van der Waals surface area (Å²) in [6.07, 6.45) is 1.17. The molecule has 0 aromatic heterocycles. The Balaban J connectivity index is 2.06. The number of nitrogens with one attached hydrogen (secondary N) is 1. The van der Waals surface area contributed by atoms with Gasteiger partial charge in [0.25, 0.3) is 0 Å². The molecule has 2 rings (SSSR count). The van der Waals surface area contributed by atoms with Crippen LogP contribution in [0.2, 0.25) is 0 Å². The highest BCUT2D eigenvalue weighted by molar-refractivity contribution is 5.87. The predicted molar refractivity (Wildman–Crippen MR) is 79.9 cm³/mol. The molecule has 0 radical (unpaired) electrons. The van der Waals surface area contributed by atoms with Gasteiger partial charge in [-0.05, 0) is 30.0 Å². The summed E-state index contributed by atoms with van der Waals surface area (Å²) in [5.41, 5.74) is 1.46. The average Bonchev–Trinajstić information content (AvgIpc) is 2.41. The van der Waals surface area contributed by atoms with Crippen molar-refractivity contribution in [1.82, 2.24) is 10.2 Å². The van der Waals surface area contributed by atoms with Gasteiger partial charge in [0.1, 0.15) is 0 Å². The summed E-state index contributed by atoms with van der Waals surface area (Å²) in [4.78, 5) is 13.5. The summed E-state index contributed by atoms with van der Waals surface area (Å²) in [5, 5.41) is 12.5. The fourth-order valence-electron chi connectivity index (χ4n) is 2.82. The van der Waals surface area contributed by atoms with Crippen molar-refractivity contribution in [2.45, 2.75) is 32.9 Å². The second kappa shape index (κ2) is 6.86. The van der Waals surface area contributed by atoms with Crippen molar-refractivity contribution >= 4 is 5.97 Å². The molecule has 4 heteroatoms. The van der Waals surface area contributed by atoms with Crippen LogP contribution in [0.15, 0.2) is 24.3 Å². The molecule has 0 saturated carbocycles. The first-order valence-corrected chi connectivity index (χ1v) is 7.33. The minimum atomic E-state index is -0.856. The van der Waals surface area contributed by atoms with Gasteiger partial charge in [0.2, 0.25) is 0 Å². The number of carbonyl (C=O) groups is 1. The van der Waals surface area contributed by atoms with Gasteiger partial charge in [-0.2, -0.15) is 0 Å². The van der Waals surface area contributed by atoms with Crippen LogP contribution in [0.3, 0.4) is 0 Å². The zero-order chi connectivity index (χ0) is 14.5. The maximum atomic E-state index is 11.0. The van der Waals surface area contributed by atoms with Gasteiger partial charge in [-0.25, -0.2) is 4.79 Å². The SMILES string of the molecule is CC(C)C[C@@H]1CNCCN1Cc1cccc(C(=O)O)c1. The average molecular weight is 276 g/mol. The Hall–Kier alpha value is -1.39. The van der Waals surface area contributed by atoms with Gasteiger partial charge >= 0.3 is 5.97 Å². The molecule has 1 aromatic rings. The van der Waals surface area contributed by atoms with Crippen molar-refractivity contribution in [3.63, 3.8) is 0 Å². The molecule has 1 saturated heterocycles. The van der Waals surface area contributed by atoms with Crippen molar-refractivity contribution < 1.29 is 9.90 Å². The summed E-state index contributed by atoms with van der Waals surface area (Å²) in [5.74, 6) is -0.182. The first-order valence-electron chi connectivity index (χ1n) is 7.33.